The van der Waals surface area contributed by atoms with E-state index in [0.29, 0.717) is 0 Å². The van der Waals surface area contributed by atoms with Gasteiger partial charge in [0.1, 0.15) is 5.75 Å². The number of nitrogens with zero attached hydrogens (tertiary/aromatic N) is 3. The van der Waals surface area contributed by atoms with Gasteiger partial charge < -0.3 is 14.4 Å². The molecule has 0 saturated carbocycles. The van der Waals surface area contributed by atoms with Crippen molar-refractivity contribution in [2.24, 2.45) is 0 Å². The molecule has 0 aromatic heterocycles. The van der Waals surface area contributed by atoms with Gasteiger partial charge in [0.05, 0.1) is 19.8 Å². The van der Waals surface area contributed by atoms with Crippen molar-refractivity contribution in [3.05, 3.63) is 29.8 Å². The molecule has 0 bridgehead atoms. The molecule has 2 saturated heterocycles. The second kappa shape index (κ2) is 9.90. The molecule has 0 atom stereocenters. The third-order valence-corrected chi connectivity index (χ3v) is 5.14. The number of carbonyl (C=O) groups excluding carboxylic acids is 1. The first-order valence-corrected chi connectivity index (χ1v) is 9.70. The summed E-state index contributed by atoms with van der Waals surface area (Å²) in [6.07, 6.45) is 1.04. The van der Waals surface area contributed by atoms with E-state index in [-0.39, 0.29) is 5.91 Å². The van der Waals surface area contributed by atoms with E-state index in [1.54, 1.807) is 6.92 Å². The summed E-state index contributed by atoms with van der Waals surface area (Å²) in [7, 11) is 0. The van der Waals surface area contributed by atoms with Crippen LogP contribution in [0.5, 0.6) is 5.75 Å². The van der Waals surface area contributed by atoms with Gasteiger partial charge in [0, 0.05) is 59.3 Å². The quantitative estimate of drug-likeness (QED) is 0.688. The van der Waals surface area contributed by atoms with Crippen molar-refractivity contribution in [3.63, 3.8) is 0 Å². The van der Waals surface area contributed by atoms with E-state index in [1.807, 2.05) is 4.90 Å². The smallest absolute Gasteiger partial charge is 0.219 e. The molecule has 3 rings (SSSR count). The van der Waals surface area contributed by atoms with E-state index in [9.17, 15) is 4.79 Å². The molecular formula is C20H31N3O3. The van der Waals surface area contributed by atoms with Crippen molar-refractivity contribution in [3.8, 4) is 5.75 Å². The molecule has 1 aromatic carbocycles. The molecule has 0 spiro atoms. The van der Waals surface area contributed by atoms with E-state index in [0.717, 1.165) is 84.3 Å². The van der Waals surface area contributed by atoms with E-state index < -0.39 is 0 Å². The van der Waals surface area contributed by atoms with Gasteiger partial charge in [-0.2, -0.15) is 0 Å². The lowest BCUT2D eigenvalue weighted by molar-refractivity contribution is -0.130. The molecule has 1 aromatic rings. The molecule has 0 radical (unpaired) electrons. The van der Waals surface area contributed by atoms with Crippen LogP contribution in [0.3, 0.4) is 0 Å². The number of amides is 1. The maximum absolute atomic E-state index is 11.4. The fourth-order valence-electron chi connectivity index (χ4n) is 3.47. The Hall–Kier alpha value is -1.63. The molecule has 0 unspecified atom stereocenters. The van der Waals surface area contributed by atoms with Crippen LogP contribution in [-0.4, -0.2) is 86.2 Å². The number of benzene rings is 1. The predicted octanol–water partition coefficient (Wildman–Crippen LogP) is 1.45. The average Bonchev–Trinajstić information content (AvgIpc) is 2.68. The maximum atomic E-state index is 11.4. The SMILES string of the molecule is CC(=O)N1CCN(Cc2ccc(OCCCN3CCOCC3)cc2)CC1. The molecule has 26 heavy (non-hydrogen) atoms. The Balaban J connectivity index is 1.33. The summed E-state index contributed by atoms with van der Waals surface area (Å²) in [4.78, 5) is 18.1. The molecule has 1 amide bonds. The molecule has 0 N–H and O–H groups in total. The van der Waals surface area contributed by atoms with Crippen LogP contribution < -0.4 is 4.74 Å². The molecule has 2 aliphatic heterocycles. The van der Waals surface area contributed by atoms with Crippen LogP contribution in [0.25, 0.3) is 0 Å². The molecule has 2 aliphatic rings. The van der Waals surface area contributed by atoms with Crippen molar-refractivity contribution >= 4 is 5.91 Å². The average molecular weight is 361 g/mol. The Morgan fingerprint density at radius 3 is 2.35 bits per heavy atom. The van der Waals surface area contributed by atoms with Gasteiger partial charge in [0.25, 0.3) is 0 Å². The topological polar surface area (TPSA) is 45.2 Å². The van der Waals surface area contributed by atoms with Gasteiger partial charge in [-0.3, -0.25) is 14.6 Å². The minimum atomic E-state index is 0.180. The number of hydrogen-bond donors (Lipinski definition) is 0. The first-order valence-electron chi connectivity index (χ1n) is 9.70. The van der Waals surface area contributed by atoms with E-state index in [1.165, 1.54) is 5.56 Å². The number of carbonyl (C=O) groups is 1. The fraction of sp³-hybridized carbons (Fsp3) is 0.650. The molecule has 6 heteroatoms. The summed E-state index contributed by atoms with van der Waals surface area (Å²) < 4.78 is 11.2. The van der Waals surface area contributed by atoms with Gasteiger partial charge in [-0.05, 0) is 24.1 Å². The van der Waals surface area contributed by atoms with Crippen LogP contribution >= 0.6 is 0 Å². The van der Waals surface area contributed by atoms with Crippen LogP contribution in [0.4, 0.5) is 0 Å². The number of ether oxygens (including phenoxy) is 2. The van der Waals surface area contributed by atoms with Gasteiger partial charge in [0.2, 0.25) is 5.91 Å². The second-order valence-corrected chi connectivity index (χ2v) is 7.08. The lowest BCUT2D eigenvalue weighted by Crippen LogP contribution is -2.47. The molecule has 144 valence electrons. The monoisotopic (exact) mass is 361 g/mol. The number of hydrogen-bond acceptors (Lipinski definition) is 5. The van der Waals surface area contributed by atoms with Crippen molar-refractivity contribution in [2.75, 3.05) is 65.6 Å². The summed E-state index contributed by atoms with van der Waals surface area (Å²) in [5.74, 6) is 1.12. The zero-order chi connectivity index (χ0) is 18.2. The molecule has 2 fully saturated rings. The van der Waals surface area contributed by atoms with Gasteiger partial charge in [-0.15, -0.1) is 0 Å². The Kier molecular flexibility index (Phi) is 7.29. The number of rotatable bonds is 7. The highest BCUT2D eigenvalue weighted by atomic mass is 16.5. The van der Waals surface area contributed by atoms with Crippen molar-refractivity contribution < 1.29 is 14.3 Å². The number of morpholine rings is 1. The third-order valence-electron chi connectivity index (χ3n) is 5.14. The van der Waals surface area contributed by atoms with Crippen LogP contribution in [-0.2, 0) is 16.1 Å². The minimum Gasteiger partial charge on any atom is -0.494 e. The normalized spacial score (nSPS) is 19.5. The Labute approximate surface area is 156 Å². The summed E-state index contributed by atoms with van der Waals surface area (Å²) in [5.41, 5.74) is 1.29. The van der Waals surface area contributed by atoms with Crippen LogP contribution in [0.15, 0.2) is 24.3 Å². The summed E-state index contributed by atoms with van der Waals surface area (Å²) in [6.45, 7) is 11.7. The van der Waals surface area contributed by atoms with Crippen molar-refractivity contribution in [1.29, 1.82) is 0 Å². The first-order chi connectivity index (χ1) is 12.7. The standard InChI is InChI=1S/C20H31N3O3/c1-18(24)23-10-8-22(9-11-23)17-19-3-5-20(6-4-19)26-14-2-7-21-12-15-25-16-13-21/h3-6H,2,7-17H2,1H3. The lowest BCUT2D eigenvalue weighted by Gasteiger charge is -2.34. The third kappa shape index (κ3) is 5.97. The number of piperazine rings is 1. The van der Waals surface area contributed by atoms with Gasteiger partial charge in [0.15, 0.2) is 0 Å². The molecule has 0 aliphatic carbocycles. The van der Waals surface area contributed by atoms with E-state index in [4.69, 9.17) is 9.47 Å². The summed E-state index contributed by atoms with van der Waals surface area (Å²) in [6, 6.07) is 8.43. The fourth-order valence-corrected chi connectivity index (χ4v) is 3.47. The Morgan fingerprint density at radius 2 is 1.69 bits per heavy atom. The highest BCUT2D eigenvalue weighted by molar-refractivity contribution is 5.73. The molecule has 6 nitrogen and oxygen atoms in total. The molecular weight excluding hydrogens is 330 g/mol. The van der Waals surface area contributed by atoms with Crippen LogP contribution in [0.1, 0.15) is 18.9 Å². The van der Waals surface area contributed by atoms with E-state index in [2.05, 4.69) is 34.1 Å². The van der Waals surface area contributed by atoms with Crippen LogP contribution in [0, 0.1) is 0 Å². The van der Waals surface area contributed by atoms with E-state index >= 15 is 0 Å². The minimum absolute atomic E-state index is 0.180. The van der Waals surface area contributed by atoms with Crippen molar-refractivity contribution in [1.82, 2.24) is 14.7 Å². The van der Waals surface area contributed by atoms with Gasteiger partial charge >= 0.3 is 0 Å². The Bertz CT molecular complexity index is 550. The zero-order valence-electron chi connectivity index (χ0n) is 15.9. The van der Waals surface area contributed by atoms with Gasteiger partial charge in [-0.25, -0.2) is 0 Å². The lowest BCUT2D eigenvalue weighted by atomic mass is 10.2. The second-order valence-electron chi connectivity index (χ2n) is 7.08. The predicted molar refractivity (Wildman–Crippen MR) is 101 cm³/mol. The highest BCUT2D eigenvalue weighted by Gasteiger charge is 2.18. The largest absolute Gasteiger partial charge is 0.494 e. The highest BCUT2D eigenvalue weighted by Crippen LogP contribution is 2.15. The Morgan fingerprint density at radius 1 is 1.00 bits per heavy atom. The summed E-state index contributed by atoms with van der Waals surface area (Å²) in [5, 5.41) is 0. The molecule has 2 heterocycles. The summed E-state index contributed by atoms with van der Waals surface area (Å²) >= 11 is 0. The van der Waals surface area contributed by atoms with Crippen LogP contribution in [0.2, 0.25) is 0 Å². The van der Waals surface area contributed by atoms with Crippen molar-refractivity contribution in [2.45, 2.75) is 19.9 Å². The first kappa shape index (κ1) is 19.1. The maximum Gasteiger partial charge on any atom is 0.219 e. The van der Waals surface area contributed by atoms with Gasteiger partial charge in [-0.1, -0.05) is 12.1 Å². The zero-order valence-corrected chi connectivity index (χ0v) is 15.9.